The summed E-state index contributed by atoms with van der Waals surface area (Å²) >= 11 is 0. The molecule has 0 aromatic heterocycles. The minimum atomic E-state index is 0.464. The van der Waals surface area contributed by atoms with Gasteiger partial charge in [0, 0.05) is 31.7 Å². The summed E-state index contributed by atoms with van der Waals surface area (Å²) in [5.74, 6) is 0.991. The van der Waals surface area contributed by atoms with Crippen molar-refractivity contribution in [1.29, 1.82) is 0 Å². The molecule has 3 rings (SSSR count). The van der Waals surface area contributed by atoms with Gasteiger partial charge in [-0.2, -0.15) is 0 Å². The van der Waals surface area contributed by atoms with Crippen molar-refractivity contribution in [2.45, 2.75) is 19.3 Å². The molecule has 2 heterocycles. The Hall–Kier alpha value is -1.10. The number of hydrogen-bond acceptors (Lipinski definition) is 4. The second-order valence-corrected chi connectivity index (χ2v) is 6.72. The summed E-state index contributed by atoms with van der Waals surface area (Å²) in [7, 11) is 1.98. The molecule has 2 aliphatic rings. The van der Waals surface area contributed by atoms with E-state index in [1.54, 1.807) is 0 Å². The van der Waals surface area contributed by atoms with E-state index in [1.807, 2.05) is 7.05 Å². The fraction of sp³-hybridized carbons (Fsp3) is 0.667. The van der Waals surface area contributed by atoms with Crippen molar-refractivity contribution in [3.8, 4) is 5.75 Å². The zero-order chi connectivity index (χ0) is 15.3. The molecule has 1 aromatic rings. The summed E-state index contributed by atoms with van der Waals surface area (Å²) in [5, 5.41) is 3.18. The van der Waals surface area contributed by atoms with Crippen LogP contribution in [0.25, 0.3) is 0 Å². The summed E-state index contributed by atoms with van der Waals surface area (Å²) in [6, 6.07) is 8.45. The molecule has 2 fully saturated rings. The molecular formula is C18H28N2O2. The van der Waals surface area contributed by atoms with Gasteiger partial charge in [0.2, 0.25) is 0 Å². The first-order chi connectivity index (χ1) is 10.8. The van der Waals surface area contributed by atoms with E-state index < -0.39 is 0 Å². The molecule has 2 saturated heterocycles. The summed E-state index contributed by atoms with van der Waals surface area (Å²) in [6.07, 6.45) is 3.60. The van der Waals surface area contributed by atoms with Gasteiger partial charge in [-0.05, 0) is 50.6 Å². The maximum atomic E-state index is 5.92. The van der Waals surface area contributed by atoms with Gasteiger partial charge in [-0.25, -0.2) is 0 Å². The molecule has 1 spiro atoms. The number of ether oxygens (including phenoxy) is 2. The first-order valence-corrected chi connectivity index (χ1v) is 8.46. The first-order valence-electron chi connectivity index (χ1n) is 8.46. The van der Waals surface area contributed by atoms with Gasteiger partial charge in [-0.15, -0.1) is 0 Å². The van der Waals surface area contributed by atoms with Crippen molar-refractivity contribution < 1.29 is 9.47 Å². The third kappa shape index (κ3) is 4.00. The highest BCUT2D eigenvalue weighted by atomic mass is 16.5. The van der Waals surface area contributed by atoms with Gasteiger partial charge in [0.15, 0.2) is 0 Å². The van der Waals surface area contributed by atoms with E-state index in [0.717, 1.165) is 45.1 Å². The molecule has 4 heteroatoms. The zero-order valence-corrected chi connectivity index (χ0v) is 13.6. The molecule has 2 aliphatic heterocycles. The number of nitrogens with zero attached hydrogens (tertiary/aromatic N) is 1. The van der Waals surface area contributed by atoms with Crippen LogP contribution in [-0.4, -0.2) is 57.9 Å². The largest absolute Gasteiger partial charge is 0.492 e. The van der Waals surface area contributed by atoms with Crippen LogP contribution in [0.2, 0.25) is 0 Å². The molecule has 0 saturated carbocycles. The van der Waals surface area contributed by atoms with Crippen molar-refractivity contribution in [3.63, 3.8) is 0 Å². The van der Waals surface area contributed by atoms with Crippen LogP contribution >= 0.6 is 0 Å². The van der Waals surface area contributed by atoms with Crippen LogP contribution in [0.1, 0.15) is 18.4 Å². The Labute approximate surface area is 133 Å². The van der Waals surface area contributed by atoms with E-state index in [9.17, 15) is 0 Å². The molecule has 1 N–H and O–H groups in total. The lowest BCUT2D eigenvalue weighted by Gasteiger charge is -2.52. The second kappa shape index (κ2) is 7.44. The van der Waals surface area contributed by atoms with Crippen LogP contribution in [-0.2, 0) is 11.2 Å². The third-order valence-corrected chi connectivity index (χ3v) is 4.76. The van der Waals surface area contributed by atoms with E-state index in [4.69, 9.17) is 9.47 Å². The Bertz CT molecular complexity index is 464. The lowest BCUT2D eigenvalue weighted by atomic mass is 9.75. The predicted octanol–water partition coefficient (Wildman–Crippen LogP) is 1.94. The first kappa shape index (κ1) is 15.8. The number of hydrogen-bond donors (Lipinski definition) is 1. The summed E-state index contributed by atoms with van der Waals surface area (Å²) in [6.45, 7) is 7.06. The molecule has 0 radical (unpaired) electrons. The second-order valence-electron chi connectivity index (χ2n) is 6.72. The Morgan fingerprint density at radius 3 is 3.05 bits per heavy atom. The molecule has 1 aromatic carbocycles. The monoisotopic (exact) mass is 304 g/mol. The van der Waals surface area contributed by atoms with Crippen LogP contribution in [0, 0.1) is 5.41 Å². The maximum Gasteiger partial charge on any atom is 0.119 e. The van der Waals surface area contributed by atoms with Crippen LogP contribution in [0.4, 0.5) is 0 Å². The predicted molar refractivity (Wildman–Crippen MR) is 88.5 cm³/mol. The van der Waals surface area contributed by atoms with Crippen molar-refractivity contribution in [2.24, 2.45) is 5.41 Å². The highest BCUT2D eigenvalue weighted by Crippen LogP contribution is 2.37. The molecule has 0 unspecified atom stereocenters. The number of likely N-dealkylation sites (tertiary alicyclic amines) is 1. The van der Waals surface area contributed by atoms with Gasteiger partial charge in [0.1, 0.15) is 12.4 Å². The normalized spacial score (nSPS) is 20.8. The summed E-state index contributed by atoms with van der Waals surface area (Å²) in [4.78, 5) is 2.49. The van der Waals surface area contributed by atoms with E-state index in [2.05, 4.69) is 34.5 Å². The molecule has 0 amide bonds. The smallest absolute Gasteiger partial charge is 0.119 e. The molecule has 4 nitrogen and oxygen atoms in total. The van der Waals surface area contributed by atoms with Crippen LogP contribution in [0.3, 0.4) is 0 Å². The average Bonchev–Trinajstić information content (AvgIpc) is 2.53. The molecule has 122 valence electrons. The average molecular weight is 304 g/mol. The van der Waals surface area contributed by atoms with E-state index >= 15 is 0 Å². The lowest BCUT2D eigenvalue weighted by Crippen LogP contribution is -2.60. The maximum absolute atomic E-state index is 5.92. The standard InChI is InChI=1S/C18H28N2O2/c1-19-8-6-16-4-2-5-17(12-16)22-11-9-20-13-18(14-20)7-3-10-21-15-18/h2,4-5,12,19H,3,6-11,13-15H2,1H3. The fourth-order valence-electron chi connectivity index (χ4n) is 3.57. The minimum absolute atomic E-state index is 0.464. The van der Waals surface area contributed by atoms with E-state index in [-0.39, 0.29) is 0 Å². The van der Waals surface area contributed by atoms with Crippen molar-refractivity contribution in [3.05, 3.63) is 29.8 Å². The van der Waals surface area contributed by atoms with Gasteiger partial charge in [-0.3, -0.25) is 4.90 Å². The van der Waals surface area contributed by atoms with Gasteiger partial charge < -0.3 is 14.8 Å². The Morgan fingerprint density at radius 1 is 1.36 bits per heavy atom. The quantitative estimate of drug-likeness (QED) is 0.835. The van der Waals surface area contributed by atoms with Crippen molar-refractivity contribution in [1.82, 2.24) is 10.2 Å². The summed E-state index contributed by atoms with van der Waals surface area (Å²) < 4.78 is 11.5. The highest BCUT2D eigenvalue weighted by molar-refractivity contribution is 5.28. The van der Waals surface area contributed by atoms with Gasteiger partial charge in [-0.1, -0.05) is 12.1 Å². The van der Waals surface area contributed by atoms with E-state index in [0.29, 0.717) is 5.41 Å². The van der Waals surface area contributed by atoms with Crippen molar-refractivity contribution in [2.75, 3.05) is 53.0 Å². The molecule has 0 atom stereocenters. The molecule has 22 heavy (non-hydrogen) atoms. The Kier molecular flexibility index (Phi) is 5.34. The van der Waals surface area contributed by atoms with Gasteiger partial charge in [0.05, 0.1) is 6.61 Å². The molecule has 0 aliphatic carbocycles. The van der Waals surface area contributed by atoms with Crippen LogP contribution in [0.5, 0.6) is 5.75 Å². The Balaban J connectivity index is 1.37. The van der Waals surface area contributed by atoms with Crippen LogP contribution < -0.4 is 10.1 Å². The molecule has 0 bridgehead atoms. The molecular weight excluding hydrogens is 276 g/mol. The number of benzene rings is 1. The third-order valence-electron chi connectivity index (χ3n) is 4.76. The SMILES string of the molecule is CNCCc1cccc(OCCN2CC3(CCCOC3)C2)c1. The highest BCUT2D eigenvalue weighted by Gasteiger charge is 2.43. The van der Waals surface area contributed by atoms with Crippen molar-refractivity contribution >= 4 is 0 Å². The number of nitrogens with one attached hydrogen (secondary N) is 1. The van der Waals surface area contributed by atoms with Crippen LogP contribution in [0.15, 0.2) is 24.3 Å². The topological polar surface area (TPSA) is 33.7 Å². The zero-order valence-electron chi connectivity index (χ0n) is 13.6. The summed E-state index contributed by atoms with van der Waals surface area (Å²) in [5.41, 5.74) is 1.79. The fourth-order valence-corrected chi connectivity index (χ4v) is 3.57. The Morgan fingerprint density at radius 2 is 2.27 bits per heavy atom. The number of likely N-dealkylation sites (N-methyl/N-ethyl adjacent to an activating group) is 1. The van der Waals surface area contributed by atoms with Gasteiger partial charge >= 0.3 is 0 Å². The van der Waals surface area contributed by atoms with Gasteiger partial charge in [0.25, 0.3) is 0 Å². The minimum Gasteiger partial charge on any atom is -0.492 e. The lowest BCUT2D eigenvalue weighted by molar-refractivity contribution is -0.102. The van der Waals surface area contributed by atoms with E-state index in [1.165, 1.54) is 31.5 Å². The number of rotatable bonds is 7.